The van der Waals surface area contributed by atoms with Crippen LogP contribution in [0.1, 0.15) is 36.6 Å². The van der Waals surface area contributed by atoms with Crippen LogP contribution in [-0.2, 0) is 16.5 Å². The number of rotatable bonds is 6. The molecule has 3 aromatic rings. The average Bonchev–Trinajstić information content (AvgIpc) is 3.29. The highest BCUT2D eigenvalue weighted by Crippen LogP contribution is 2.41. The Hall–Kier alpha value is -3.85. The Bertz CT molecular complexity index is 1370. The summed E-state index contributed by atoms with van der Waals surface area (Å²) in [4.78, 5) is 11.5. The van der Waals surface area contributed by atoms with Crippen LogP contribution in [0, 0.1) is 5.82 Å². The van der Waals surface area contributed by atoms with Crippen LogP contribution in [0.15, 0.2) is 71.5 Å². The number of piperidine rings is 1. The largest absolute Gasteiger partial charge is 0.496 e. The van der Waals surface area contributed by atoms with Gasteiger partial charge in [-0.1, -0.05) is 17.3 Å². The van der Waals surface area contributed by atoms with Crippen molar-refractivity contribution in [2.24, 2.45) is 5.16 Å². The lowest BCUT2D eigenvalue weighted by Crippen LogP contribution is -2.51. The fraction of sp³-hybridized carbons (Fsp3) is 0.286. The second-order valence-corrected chi connectivity index (χ2v) is 9.16. The summed E-state index contributed by atoms with van der Waals surface area (Å²) >= 11 is 0. The van der Waals surface area contributed by atoms with Crippen molar-refractivity contribution >= 4 is 11.9 Å². The lowest BCUT2D eigenvalue weighted by molar-refractivity contribution is -0.137. The Morgan fingerprint density at radius 3 is 2.65 bits per heavy atom. The number of hydrogen-bond donors (Lipinski definition) is 1. The first-order valence-corrected chi connectivity index (χ1v) is 11.9. The van der Waals surface area contributed by atoms with Crippen molar-refractivity contribution < 1.29 is 27.9 Å². The molecule has 1 fully saturated rings. The summed E-state index contributed by atoms with van der Waals surface area (Å²) in [5.41, 5.74) is 2.07. The van der Waals surface area contributed by atoms with Crippen LogP contribution >= 0.6 is 0 Å². The number of pyridine rings is 1. The van der Waals surface area contributed by atoms with Gasteiger partial charge in [0.05, 0.1) is 7.11 Å². The van der Waals surface area contributed by atoms with Gasteiger partial charge >= 0.3 is 0 Å². The summed E-state index contributed by atoms with van der Waals surface area (Å²) in [6.45, 7) is 1.07. The van der Waals surface area contributed by atoms with Crippen LogP contribution < -0.4 is 4.74 Å². The molecule has 0 saturated carbocycles. The topological polar surface area (TPSA) is 67.2 Å². The molecule has 6 nitrogen and oxygen atoms in total. The van der Waals surface area contributed by atoms with E-state index in [2.05, 4.69) is 10.1 Å². The molecule has 0 radical (unpaired) electrons. The van der Waals surface area contributed by atoms with Crippen LogP contribution in [0.3, 0.4) is 0 Å². The van der Waals surface area contributed by atoms with Crippen molar-refractivity contribution in [1.29, 1.82) is 0 Å². The molecular weight excluding hydrogens is 483 g/mol. The second-order valence-electron chi connectivity index (χ2n) is 9.16. The number of aliphatic hydroxyl groups excluding tert-OH is 1. The normalized spacial score (nSPS) is 20.4. The maximum Gasteiger partial charge on any atom is 0.286 e. The van der Waals surface area contributed by atoms with E-state index in [9.17, 15) is 18.3 Å². The molecule has 1 saturated heterocycles. The molecule has 1 N–H and O–H groups in total. The average molecular weight is 510 g/mol. The molecule has 0 aliphatic carbocycles. The van der Waals surface area contributed by atoms with E-state index in [1.165, 1.54) is 31.5 Å². The van der Waals surface area contributed by atoms with Gasteiger partial charge in [-0.2, -0.15) is 8.78 Å². The number of ether oxygens (including phenoxy) is 1. The number of aromatic nitrogens is 1. The summed E-state index contributed by atoms with van der Waals surface area (Å²) in [5, 5.41) is 14.6. The van der Waals surface area contributed by atoms with E-state index in [4.69, 9.17) is 9.57 Å². The Morgan fingerprint density at radius 1 is 1.16 bits per heavy atom. The van der Waals surface area contributed by atoms with Crippen molar-refractivity contribution in [2.75, 3.05) is 20.3 Å². The van der Waals surface area contributed by atoms with Gasteiger partial charge in [0.2, 0.25) is 0 Å². The zero-order valence-electron chi connectivity index (χ0n) is 20.4. The summed E-state index contributed by atoms with van der Waals surface area (Å²) < 4.78 is 46.7. The minimum Gasteiger partial charge on any atom is -0.496 e. The van der Waals surface area contributed by atoms with E-state index < -0.39 is 11.6 Å². The van der Waals surface area contributed by atoms with E-state index in [1.807, 2.05) is 29.2 Å². The lowest BCUT2D eigenvalue weighted by Gasteiger charge is -2.38. The molecule has 1 atom stereocenters. The van der Waals surface area contributed by atoms with E-state index in [1.54, 1.807) is 18.2 Å². The highest BCUT2D eigenvalue weighted by atomic mass is 19.3. The van der Waals surface area contributed by atoms with Gasteiger partial charge < -0.3 is 19.6 Å². The van der Waals surface area contributed by atoms with Gasteiger partial charge in [-0.3, -0.25) is 4.98 Å². The SMILES string of the molecule is COc1cc(/C=C2\CCCN3C2=NOC3(CO)c2ccc(F)cc2)ccc1-c1ccnc(C(C)(F)F)c1. The maximum absolute atomic E-state index is 13.8. The van der Waals surface area contributed by atoms with Crippen LogP contribution in [0.25, 0.3) is 17.2 Å². The molecule has 1 aromatic heterocycles. The molecule has 192 valence electrons. The number of oxime groups is 1. The number of nitrogens with zero attached hydrogens (tertiary/aromatic N) is 3. The third-order valence-corrected chi connectivity index (χ3v) is 6.69. The predicted octanol–water partition coefficient (Wildman–Crippen LogP) is 5.68. The van der Waals surface area contributed by atoms with Gasteiger partial charge in [0, 0.05) is 30.8 Å². The predicted molar refractivity (Wildman–Crippen MR) is 133 cm³/mol. The summed E-state index contributed by atoms with van der Waals surface area (Å²) in [6.07, 6.45) is 4.88. The first-order valence-electron chi connectivity index (χ1n) is 11.9. The van der Waals surface area contributed by atoms with Gasteiger partial charge in [0.15, 0.2) is 5.84 Å². The highest BCUT2D eigenvalue weighted by Gasteiger charge is 2.49. The third kappa shape index (κ3) is 4.55. The van der Waals surface area contributed by atoms with Gasteiger partial charge in [-0.05, 0) is 78.1 Å². The number of amidine groups is 1. The number of methoxy groups -OCH3 is 1. The molecule has 5 rings (SSSR count). The minimum absolute atomic E-state index is 0.312. The number of benzene rings is 2. The molecule has 9 heteroatoms. The number of halogens is 3. The zero-order valence-corrected chi connectivity index (χ0v) is 20.4. The Morgan fingerprint density at radius 2 is 1.95 bits per heavy atom. The fourth-order valence-electron chi connectivity index (χ4n) is 4.78. The van der Waals surface area contributed by atoms with Gasteiger partial charge in [-0.15, -0.1) is 0 Å². The molecule has 2 aliphatic heterocycles. The quantitative estimate of drug-likeness (QED) is 0.464. The number of aliphatic hydroxyl groups is 1. The first-order chi connectivity index (χ1) is 17.7. The zero-order chi connectivity index (χ0) is 26.2. The molecule has 0 amide bonds. The van der Waals surface area contributed by atoms with Crippen LogP contribution in [0.2, 0.25) is 0 Å². The summed E-state index contributed by atoms with van der Waals surface area (Å²) in [7, 11) is 1.53. The minimum atomic E-state index is -3.05. The molecule has 2 aliphatic rings. The molecule has 0 bridgehead atoms. The highest BCUT2D eigenvalue weighted by molar-refractivity contribution is 6.03. The van der Waals surface area contributed by atoms with E-state index >= 15 is 0 Å². The van der Waals surface area contributed by atoms with Gasteiger partial charge in [0.25, 0.3) is 11.6 Å². The van der Waals surface area contributed by atoms with E-state index in [0.29, 0.717) is 34.8 Å². The maximum atomic E-state index is 13.8. The van der Waals surface area contributed by atoms with Crippen molar-refractivity contribution in [3.05, 3.63) is 89.0 Å². The second kappa shape index (κ2) is 9.55. The number of alkyl halides is 2. The molecule has 0 spiro atoms. The standard InChI is InChI=1S/C28H26F3N3O3/c1-27(30,31)25-16-19(11-12-32-25)23-10-5-18(15-24(23)36-2)14-20-4-3-13-34-26(20)33-37-28(34,17-35)21-6-8-22(29)9-7-21/h5-12,14-16,35H,3-4,13,17H2,1-2H3/b20-14+. The van der Waals surface area contributed by atoms with Crippen molar-refractivity contribution in [3.63, 3.8) is 0 Å². The van der Waals surface area contributed by atoms with E-state index in [0.717, 1.165) is 30.9 Å². The lowest BCUT2D eigenvalue weighted by atomic mass is 9.94. The van der Waals surface area contributed by atoms with Crippen LogP contribution in [0.5, 0.6) is 5.75 Å². The van der Waals surface area contributed by atoms with Crippen molar-refractivity contribution in [3.8, 4) is 16.9 Å². The van der Waals surface area contributed by atoms with Crippen molar-refractivity contribution in [1.82, 2.24) is 9.88 Å². The van der Waals surface area contributed by atoms with E-state index in [-0.39, 0.29) is 18.1 Å². The summed E-state index contributed by atoms with van der Waals surface area (Å²) in [6, 6.07) is 14.4. The number of hydrogen-bond acceptors (Lipinski definition) is 6. The molecule has 37 heavy (non-hydrogen) atoms. The Kier molecular flexibility index (Phi) is 6.41. The fourth-order valence-corrected chi connectivity index (χ4v) is 4.78. The monoisotopic (exact) mass is 509 g/mol. The van der Waals surface area contributed by atoms with Crippen LogP contribution in [0.4, 0.5) is 13.2 Å². The van der Waals surface area contributed by atoms with Gasteiger partial charge in [-0.25, -0.2) is 4.39 Å². The van der Waals surface area contributed by atoms with Crippen molar-refractivity contribution in [2.45, 2.75) is 31.4 Å². The smallest absolute Gasteiger partial charge is 0.286 e. The molecule has 3 heterocycles. The first kappa shape index (κ1) is 24.8. The van der Waals surface area contributed by atoms with Crippen LogP contribution in [-0.4, -0.2) is 41.1 Å². The number of fused-ring (bicyclic) bond motifs is 1. The van der Waals surface area contributed by atoms with Gasteiger partial charge in [0.1, 0.15) is 23.9 Å². The third-order valence-electron chi connectivity index (χ3n) is 6.69. The summed E-state index contributed by atoms with van der Waals surface area (Å²) in [5.74, 6) is -2.29. The molecule has 1 unspecified atom stereocenters. The Labute approximate surface area is 212 Å². The molecule has 2 aromatic carbocycles. The Balaban J connectivity index is 1.46. The molecular formula is C28H26F3N3O3.